The molecule has 0 aliphatic carbocycles. The molecule has 10 heteroatoms. The van der Waals surface area contributed by atoms with E-state index in [0.29, 0.717) is 41.6 Å². The molecule has 2 aromatic rings. The normalized spacial score (nSPS) is 28.4. The Morgan fingerprint density at radius 1 is 0.882 bits per heavy atom. The van der Waals surface area contributed by atoms with Crippen LogP contribution in [0.4, 0.5) is 0 Å². The van der Waals surface area contributed by atoms with E-state index in [1.165, 1.54) is 7.11 Å². The smallest absolute Gasteiger partial charge is 0.229 e. The summed E-state index contributed by atoms with van der Waals surface area (Å²) in [7, 11) is 4.66. The summed E-state index contributed by atoms with van der Waals surface area (Å²) >= 11 is 0. The maximum atomic E-state index is 10.4. The van der Waals surface area contributed by atoms with Gasteiger partial charge in [0.1, 0.15) is 47.8 Å². The largest absolute Gasteiger partial charge is 0.496 e. The average molecular weight is 478 g/mol. The van der Waals surface area contributed by atoms with Gasteiger partial charge in [0.2, 0.25) is 6.29 Å². The zero-order chi connectivity index (χ0) is 24.4. The third kappa shape index (κ3) is 4.59. The number of hydrogen-bond acceptors (Lipinski definition) is 10. The molecular weight excluding hydrogens is 448 g/mol. The Balaban J connectivity index is 1.60. The van der Waals surface area contributed by atoms with Gasteiger partial charge in [0.25, 0.3) is 0 Å². The van der Waals surface area contributed by atoms with Gasteiger partial charge in [0.15, 0.2) is 11.5 Å². The van der Waals surface area contributed by atoms with Crippen LogP contribution in [0.2, 0.25) is 0 Å². The first kappa shape index (κ1) is 24.4. The van der Waals surface area contributed by atoms with Crippen LogP contribution in [0.3, 0.4) is 0 Å². The molecule has 1 fully saturated rings. The van der Waals surface area contributed by atoms with E-state index in [1.54, 1.807) is 26.4 Å². The van der Waals surface area contributed by atoms with Gasteiger partial charge in [-0.1, -0.05) is 6.07 Å². The molecule has 2 aliphatic heterocycles. The molecule has 0 bridgehead atoms. The maximum absolute atomic E-state index is 10.4. The van der Waals surface area contributed by atoms with Crippen LogP contribution in [0, 0.1) is 0 Å². The van der Waals surface area contributed by atoms with Crippen molar-refractivity contribution in [2.45, 2.75) is 49.7 Å². The summed E-state index contributed by atoms with van der Waals surface area (Å²) < 4.78 is 33.8. The highest BCUT2D eigenvalue weighted by molar-refractivity contribution is 5.52. The van der Waals surface area contributed by atoms with Crippen LogP contribution >= 0.6 is 0 Å². The molecule has 6 atom stereocenters. The van der Waals surface area contributed by atoms with Crippen molar-refractivity contribution in [3.63, 3.8) is 0 Å². The van der Waals surface area contributed by atoms with Crippen molar-refractivity contribution < 1.29 is 48.8 Å². The van der Waals surface area contributed by atoms with Crippen LogP contribution in [0.15, 0.2) is 30.3 Å². The summed E-state index contributed by atoms with van der Waals surface area (Å²) in [5, 5.41) is 39.9. The summed E-state index contributed by atoms with van der Waals surface area (Å²) in [5.74, 6) is 2.59. The van der Waals surface area contributed by atoms with Crippen molar-refractivity contribution in [1.82, 2.24) is 0 Å². The maximum Gasteiger partial charge on any atom is 0.229 e. The van der Waals surface area contributed by atoms with Gasteiger partial charge >= 0.3 is 0 Å². The molecular formula is C24H30O10. The Hall–Kier alpha value is -2.76. The number of aliphatic hydroxyl groups excluding tert-OH is 4. The summed E-state index contributed by atoms with van der Waals surface area (Å²) in [6, 6.07) is 9.01. The summed E-state index contributed by atoms with van der Waals surface area (Å²) in [6.45, 7) is -0.545. The molecule has 0 saturated carbocycles. The molecule has 0 aromatic heterocycles. The van der Waals surface area contributed by atoms with Crippen molar-refractivity contribution in [2.24, 2.45) is 0 Å². The lowest BCUT2D eigenvalue weighted by molar-refractivity contribution is -0.277. The van der Waals surface area contributed by atoms with Gasteiger partial charge in [0, 0.05) is 17.7 Å². The molecule has 0 spiro atoms. The lowest BCUT2D eigenvalue weighted by atomic mass is 9.96. The molecule has 2 aliphatic rings. The number of aliphatic hydroxyl groups is 4. The van der Waals surface area contributed by atoms with E-state index in [1.807, 2.05) is 18.2 Å². The zero-order valence-corrected chi connectivity index (χ0v) is 19.2. The van der Waals surface area contributed by atoms with E-state index >= 15 is 0 Å². The molecule has 1 saturated heterocycles. The summed E-state index contributed by atoms with van der Waals surface area (Å²) in [5.41, 5.74) is 1.66. The van der Waals surface area contributed by atoms with Gasteiger partial charge in [-0.25, -0.2) is 0 Å². The molecule has 10 nitrogen and oxygen atoms in total. The second-order valence-corrected chi connectivity index (χ2v) is 8.18. The Morgan fingerprint density at radius 2 is 1.65 bits per heavy atom. The molecule has 0 amide bonds. The SMILES string of the molecule is COc1cc(O[C@@H]2O[C@H](CO)[C@@H](O)[C@H](O)[C@H]2O)c2c(c1)O[C@H](c1ccc(OC)c(OC)c1)CC2. The third-order valence-corrected chi connectivity index (χ3v) is 6.17. The predicted octanol–water partition coefficient (Wildman–Crippen LogP) is 0.957. The first-order valence-corrected chi connectivity index (χ1v) is 11.0. The fourth-order valence-electron chi connectivity index (χ4n) is 4.24. The molecule has 0 unspecified atom stereocenters. The van der Waals surface area contributed by atoms with E-state index < -0.39 is 37.3 Å². The van der Waals surface area contributed by atoms with Gasteiger partial charge in [-0.05, 0) is 30.5 Å². The van der Waals surface area contributed by atoms with Crippen molar-refractivity contribution in [2.75, 3.05) is 27.9 Å². The zero-order valence-electron chi connectivity index (χ0n) is 19.2. The second kappa shape index (κ2) is 10.2. The minimum atomic E-state index is -1.54. The summed E-state index contributed by atoms with van der Waals surface area (Å²) in [4.78, 5) is 0. The number of benzene rings is 2. The van der Waals surface area contributed by atoms with E-state index in [0.717, 1.165) is 11.1 Å². The van der Waals surface area contributed by atoms with Gasteiger partial charge < -0.3 is 48.8 Å². The van der Waals surface area contributed by atoms with Gasteiger partial charge in [-0.2, -0.15) is 0 Å². The van der Waals surface area contributed by atoms with Crippen LogP contribution in [-0.2, 0) is 11.2 Å². The van der Waals surface area contributed by atoms with E-state index in [4.69, 9.17) is 28.4 Å². The highest BCUT2D eigenvalue weighted by Crippen LogP contribution is 2.44. The fraction of sp³-hybridized carbons (Fsp3) is 0.500. The monoisotopic (exact) mass is 478 g/mol. The Labute approximate surface area is 197 Å². The quantitative estimate of drug-likeness (QED) is 0.455. The molecule has 34 heavy (non-hydrogen) atoms. The number of rotatable bonds is 7. The highest BCUT2D eigenvalue weighted by atomic mass is 16.7. The van der Waals surface area contributed by atoms with Crippen LogP contribution in [-0.4, -0.2) is 79.1 Å². The lowest BCUT2D eigenvalue weighted by Gasteiger charge is -2.40. The Morgan fingerprint density at radius 3 is 2.32 bits per heavy atom. The standard InChI is InChI=1S/C24H30O10/c1-29-13-9-17-14(5-7-15(32-17)12-4-6-16(30-2)19(8-12)31-3)18(10-13)33-24-23(28)22(27)21(26)20(11-25)34-24/h4,6,8-10,15,20-28H,5,7,11H2,1-3H3/t15-,20+,21+,22-,23+,24+/m0/s1. The van der Waals surface area contributed by atoms with Crippen molar-refractivity contribution in [1.29, 1.82) is 0 Å². The molecule has 4 rings (SSSR count). The topological polar surface area (TPSA) is 136 Å². The van der Waals surface area contributed by atoms with E-state index in [2.05, 4.69) is 0 Å². The molecule has 0 radical (unpaired) electrons. The Bertz CT molecular complexity index is 994. The van der Waals surface area contributed by atoms with Crippen LogP contribution < -0.4 is 23.7 Å². The van der Waals surface area contributed by atoms with Crippen molar-refractivity contribution >= 4 is 0 Å². The first-order valence-electron chi connectivity index (χ1n) is 11.0. The van der Waals surface area contributed by atoms with Gasteiger partial charge in [0.05, 0.1) is 27.9 Å². The van der Waals surface area contributed by atoms with Crippen molar-refractivity contribution in [3.05, 3.63) is 41.5 Å². The van der Waals surface area contributed by atoms with Gasteiger partial charge in [-0.15, -0.1) is 0 Å². The lowest BCUT2D eigenvalue weighted by Crippen LogP contribution is -2.60. The molecule has 186 valence electrons. The number of ether oxygens (including phenoxy) is 6. The third-order valence-electron chi connectivity index (χ3n) is 6.17. The van der Waals surface area contributed by atoms with Crippen LogP contribution in [0.1, 0.15) is 23.7 Å². The van der Waals surface area contributed by atoms with Crippen LogP contribution in [0.25, 0.3) is 0 Å². The number of fused-ring (bicyclic) bond motifs is 1. The highest BCUT2D eigenvalue weighted by Gasteiger charge is 2.45. The number of hydrogen-bond donors (Lipinski definition) is 4. The first-order chi connectivity index (χ1) is 16.4. The average Bonchev–Trinajstić information content (AvgIpc) is 2.87. The number of methoxy groups -OCH3 is 3. The molecule has 4 N–H and O–H groups in total. The van der Waals surface area contributed by atoms with E-state index in [9.17, 15) is 20.4 Å². The van der Waals surface area contributed by atoms with E-state index in [-0.39, 0.29) is 6.10 Å². The summed E-state index contributed by atoms with van der Waals surface area (Å²) in [6.07, 6.45) is -5.94. The fourth-order valence-corrected chi connectivity index (χ4v) is 4.24. The molecule has 2 aromatic carbocycles. The minimum Gasteiger partial charge on any atom is -0.496 e. The van der Waals surface area contributed by atoms with Crippen LogP contribution in [0.5, 0.6) is 28.7 Å². The Kier molecular flexibility index (Phi) is 7.34. The molecule has 2 heterocycles. The predicted molar refractivity (Wildman–Crippen MR) is 119 cm³/mol. The van der Waals surface area contributed by atoms with Crippen molar-refractivity contribution in [3.8, 4) is 28.7 Å². The minimum absolute atomic E-state index is 0.250. The second-order valence-electron chi connectivity index (χ2n) is 8.18. The van der Waals surface area contributed by atoms with Gasteiger partial charge in [-0.3, -0.25) is 0 Å².